The van der Waals surface area contributed by atoms with Gasteiger partial charge in [-0.1, -0.05) is 13.8 Å². The van der Waals surface area contributed by atoms with Gasteiger partial charge >= 0.3 is 0 Å². The summed E-state index contributed by atoms with van der Waals surface area (Å²) in [5, 5.41) is 2.93. The van der Waals surface area contributed by atoms with Crippen molar-refractivity contribution in [3.8, 4) is 0 Å². The molecule has 0 saturated heterocycles. The van der Waals surface area contributed by atoms with E-state index in [0.29, 0.717) is 6.61 Å². The quantitative estimate of drug-likeness (QED) is 0.691. The van der Waals surface area contributed by atoms with Crippen LogP contribution in [0, 0.1) is 0 Å². The first-order valence-electron chi connectivity index (χ1n) is 3.31. The van der Waals surface area contributed by atoms with Crippen LogP contribution in [0.4, 0.5) is 0 Å². The van der Waals surface area contributed by atoms with Crippen molar-refractivity contribution < 1.29 is 4.52 Å². The molecule has 0 aromatic rings. The second-order valence-electron chi connectivity index (χ2n) is 1.82. The van der Waals surface area contributed by atoms with Gasteiger partial charge in [0.15, 0.2) is 0 Å². The Hall–Kier alpha value is 0.860. The summed E-state index contributed by atoms with van der Waals surface area (Å²) < 4.78 is 5.20. The van der Waals surface area contributed by atoms with Gasteiger partial charge in [-0.25, -0.2) is 0 Å². The van der Waals surface area contributed by atoms with Gasteiger partial charge in [-0.3, -0.25) is 5.09 Å². The molecule has 0 radical (unpaired) electrons. The number of nitrogens with one attached hydrogen (secondary N) is 1. The Balaban J connectivity index is 3.53. The summed E-state index contributed by atoms with van der Waals surface area (Å²) in [4.78, 5) is 0. The van der Waals surface area contributed by atoms with Crippen molar-refractivity contribution in [2.75, 3.05) is 13.2 Å². The number of hydrogen-bond acceptors (Lipinski definition) is 2. The monoisotopic (exact) mass is 201 g/mol. The Labute approximate surface area is 72.2 Å². The van der Waals surface area contributed by atoms with E-state index in [1.54, 1.807) is 0 Å². The first kappa shape index (κ1) is 10.9. The molecule has 62 valence electrons. The van der Waals surface area contributed by atoms with E-state index in [2.05, 4.69) is 5.09 Å². The molecular formula is C5H13ClNOPS. The molecule has 0 fully saturated rings. The number of rotatable bonds is 5. The van der Waals surface area contributed by atoms with Gasteiger partial charge in [0.25, 0.3) is 0 Å². The van der Waals surface area contributed by atoms with Crippen molar-refractivity contribution >= 4 is 28.8 Å². The Bertz CT molecular complexity index is 133. The van der Waals surface area contributed by atoms with Gasteiger partial charge in [0, 0.05) is 0 Å². The third kappa shape index (κ3) is 5.63. The minimum atomic E-state index is -2.15. The van der Waals surface area contributed by atoms with E-state index in [-0.39, 0.29) is 0 Å². The average molecular weight is 202 g/mol. The predicted octanol–water partition coefficient (Wildman–Crippen LogP) is 2.49. The molecule has 0 aliphatic heterocycles. The summed E-state index contributed by atoms with van der Waals surface area (Å²) in [6.07, 6.45) is 0.955. The van der Waals surface area contributed by atoms with Crippen LogP contribution in [-0.2, 0) is 16.3 Å². The SMILES string of the molecule is CCCOP(=S)(Cl)NCC. The molecule has 0 rings (SSSR count). The maximum atomic E-state index is 5.81. The third-order valence-corrected chi connectivity index (χ3v) is 3.37. The summed E-state index contributed by atoms with van der Waals surface area (Å²) >= 11 is 10.8. The number of halogens is 1. The van der Waals surface area contributed by atoms with Crippen molar-refractivity contribution in [1.82, 2.24) is 5.09 Å². The number of hydrogen-bond donors (Lipinski definition) is 1. The fraction of sp³-hybridized carbons (Fsp3) is 1.00. The Morgan fingerprint density at radius 1 is 1.60 bits per heavy atom. The second-order valence-corrected chi connectivity index (χ2v) is 6.93. The molecule has 2 nitrogen and oxygen atoms in total. The zero-order valence-corrected chi connectivity index (χ0v) is 8.73. The summed E-state index contributed by atoms with van der Waals surface area (Å²) in [6.45, 7) is 5.40. The van der Waals surface area contributed by atoms with Gasteiger partial charge < -0.3 is 4.52 Å². The van der Waals surface area contributed by atoms with Gasteiger partial charge in [0.05, 0.1) is 6.61 Å². The van der Waals surface area contributed by atoms with E-state index < -0.39 is 5.77 Å². The second kappa shape index (κ2) is 5.50. The summed E-state index contributed by atoms with van der Waals surface area (Å²) in [6, 6.07) is 0. The van der Waals surface area contributed by atoms with Gasteiger partial charge in [-0.15, -0.1) is 0 Å². The first-order valence-corrected chi connectivity index (χ1v) is 6.94. The molecule has 0 spiro atoms. The van der Waals surface area contributed by atoms with Crippen molar-refractivity contribution in [3.05, 3.63) is 0 Å². The van der Waals surface area contributed by atoms with Crippen LogP contribution in [0.2, 0.25) is 0 Å². The summed E-state index contributed by atoms with van der Waals surface area (Å²) in [5.41, 5.74) is 0. The van der Waals surface area contributed by atoms with Gasteiger partial charge in [-0.05, 0) is 36.0 Å². The molecular weight excluding hydrogens is 189 g/mol. The molecule has 1 atom stereocenters. The molecule has 0 aliphatic carbocycles. The Morgan fingerprint density at radius 2 is 2.20 bits per heavy atom. The van der Waals surface area contributed by atoms with Gasteiger partial charge in [-0.2, -0.15) is 0 Å². The smallest absolute Gasteiger partial charge is 0.219 e. The van der Waals surface area contributed by atoms with Crippen molar-refractivity contribution in [1.29, 1.82) is 0 Å². The molecule has 1 N–H and O–H groups in total. The lowest BCUT2D eigenvalue weighted by atomic mass is 10.5. The van der Waals surface area contributed by atoms with Gasteiger partial charge in [0.2, 0.25) is 5.77 Å². The zero-order valence-electron chi connectivity index (χ0n) is 6.26. The van der Waals surface area contributed by atoms with E-state index >= 15 is 0 Å². The molecule has 0 bridgehead atoms. The fourth-order valence-corrected chi connectivity index (χ4v) is 2.51. The standard InChI is InChI=1S/C5H13ClNOPS/c1-3-5-8-9(6,10)7-4-2/h3-5H2,1-2H3,(H,7,10). The fourth-order valence-electron chi connectivity index (χ4n) is 0.443. The van der Waals surface area contributed by atoms with E-state index in [1.807, 2.05) is 13.8 Å². The first-order chi connectivity index (χ1) is 4.62. The molecule has 5 heteroatoms. The highest BCUT2D eigenvalue weighted by atomic mass is 35.7. The van der Waals surface area contributed by atoms with Crippen LogP contribution in [0.15, 0.2) is 0 Å². The topological polar surface area (TPSA) is 21.3 Å². The van der Waals surface area contributed by atoms with Crippen molar-refractivity contribution in [2.24, 2.45) is 0 Å². The average Bonchev–Trinajstić information content (AvgIpc) is 1.84. The van der Waals surface area contributed by atoms with Crippen LogP contribution in [0.1, 0.15) is 20.3 Å². The minimum Gasteiger partial charge on any atom is -0.327 e. The Morgan fingerprint density at radius 3 is 2.60 bits per heavy atom. The van der Waals surface area contributed by atoms with Crippen LogP contribution in [0.25, 0.3) is 0 Å². The molecule has 0 heterocycles. The largest absolute Gasteiger partial charge is 0.327 e. The van der Waals surface area contributed by atoms with Crippen LogP contribution in [0.3, 0.4) is 0 Å². The molecule has 1 unspecified atom stereocenters. The highest BCUT2D eigenvalue weighted by Gasteiger charge is 2.09. The maximum Gasteiger partial charge on any atom is 0.219 e. The lowest BCUT2D eigenvalue weighted by Gasteiger charge is -2.13. The zero-order chi connectivity index (χ0) is 8.04. The van der Waals surface area contributed by atoms with Crippen molar-refractivity contribution in [2.45, 2.75) is 20.3 Å². The Kier molecular flexibility index (Phi) is 5.98. The third-order valence-electron chi connectivity index (χ3n) is 0.808. The predicted molar refractivity (Wildman–Crippen MR) is 50.1 cm³/mol. The highest BCUT2D eigenvalue weighted by molar-refractivity contribution is 8.23. The lowest BCUT2D eigenvalue weighted by Crippen LogP contribution is -2.07. The molecule has 10 heavy (non-hydrogen) atoms. The van der Waals surface area contributed by atoms with Crippen LogP contribution in [-0.4, -0.2) is 13.2 Å². The van der Waals surface area contributed by atoms with E-state index in [9.17, 15) is 0 Å². The highest BCUT2D eigenvalue weighted by Crippen LogP contribution is 2.47. The van der Waals surface area contributed by atoms with E-state index in [4.69, 9.17) is 27.6 Å². The molecule has 0 amide bonds. The molecule has 0 saturated carbocycles. The summed E-state index contributed by atoms with van der Waals surface area (Å²) in [7, 11) is 0. The normalized spacial score (nSPS) is 16.7. The van der Waals surface area contributed by atoms with E-state index in [0.717, 1.165) is 13.0 Å². The van der Waals surface area contributed by atoms with Crippen LogP contribution in [0.5, 0.6) is 0 Å². The van der Waals surface area contributed by atoms with E-state index in [1.165, 1.54) is 0 Å². The van der Waals surface area contributed by atoms with Gasteiger partial charge in [0.1, 0.15) is 0 Å². The summed E-state index contributed by atoms with van der Waals surface area (Å²) in [5.74, 6) is -2.15. The minimum absolute atomic E-state index is 0.647. The van der Waals surface area contributed by atoms with Crippen molar-refractivity contribution in [3.63, 3.8) is 0 Å². The molecule has 0 aliphatic rings. The maximum absolute atomic E-state index is 5.81. The molecule has 0 aromatic heterocycles. The lowest BCUT2D eigenvalue weighted by molar-refractivity contribution is 0.352. The molecule has 0 aromatic carbocycles. The van der Waals surface area contributed by atoms with Crippen LogP contribution < -0.4 is 5.09 Å². The van der Waals surface area contributed by atoms with Crippen LogP contribution >= 0.6 is 17.0 Å².